The van der Waals surface area contributed by atoms with Gasteiger partial charge in [-0.1, -0.05) is 30.3 Å². The van der Waals surface area contributed by atoms with E-state index in [1.165, 1.54) is 0 Å². The summed E-state index contributed by atoms with van der Waals surface area (Å²) in [5, 5.41) is 1.04. The molecule has 0 unspecified atom stereocenters. The molecule has 0 bridgehead atoms. The van der Waals surface area contributed by atoms with Crippen LogP contribution >= 0.6 is 0 Å². The Bertz CT molecular complexity index is 816. The van der Waals surface area contributed by atoms with Crippen LogP contribution in [0.3, 0.4) is 0 Å². The number of fused-ring (bicyclic) bond motifs is 1. The van der Waals surface area contributed by atoms with Crippen LogP contribution < -0.4 is 4.74 Å². The fourth-order valence-corrected chi connectivity index (χ4v) is 2.82. The zero-order valence-corrected chi connectivity index (χ0v) is 12.4. The Labute approximate surface area is 123 Å². The third kappa shape index (κ3) is 2.11. The second kappa shape index (κ2) is 5.09. The van der Waals surface area contributed by atoms with Gasteiger partial charge in [-0.25, -0.2) is 0 Å². The summed E-state index contributed by atoms with van der Waals surface area (Å²) in [7, 11) is 1.65. The molecule has 0 radical (unpaired) electrons. The van der Waals surface area contributed by atoms with E-state index < -0.39 is 0 Å². The SMILES string of the molecule is COc1ccc2c(c1)c(C)c(-c1ccccc1)n2C(C)=O. The molecule has 0 aliphatic rings. The summed E-state index contributed by atoms with van der Waals surface area (Å²) in [5.41, 5.74) is 4.00. The third-order valence-electron chi connectivity index (χ3n) is 3.79. The normalized spacial score (nSPS) is 10.8. The molecule has 0 aliphatic heterocycles. The summed E-state index contributed by atoms with van der Waals surface area (Å²) in [6, 6.07) is 15.8. The first-order valence-electron chi connectivity index (χ1n) is 6.89. The van der Waals surface area contributed by atoms with Crippen LogP contribution in [0, 0.1) is 6.92 Å². The maximum Gasteiger partial charge on any atom is 0.228 e. The van der Waals surface area contributed by atoms with Crippen LogP contribution in [-0.2, 0) is 0 Å². The number of hydrogen-bond acceptors (Lipinski definition) is 2. The third-order valence-corrected chi connectivity index (χ3v) is 3.79. The quantitative estimate of drug-likeness (QED) is 0.701. The fourth-order valence-electron chi connectivity index (χ4n) is 2.82. The molecule has 3 heteroatoms. The van der Waals surface area contributed by atoms with Crippen molar-refractivity contribution in [3.05, 3.63) is 54.1 Å². The number of aryl methyl sites for hydroxylation is 1. The number of benzene rings is 2. The average Bonchev–Trinajstić information content (AvgIpc) is 2.81. The molecule has 0 spiro atoms. The van der Waals surface area contributed by atoms with Gasteiger partial charge >= 0.3 is 0 Å². The van der Waals surface area contributed by atoms with Gasteiger partial charge in [-0.3, -0.25) is 9.36 Å². The highest BCUT2D eigenvalue weighted by Crippen LogP contribution is 2.34. The van der Waals surface area contributed by atoms with Gasteiger partial charge in [0.1, 0.15) is 5.75 Å². The van der Waals surface area contributed by atoms with E-state index in [1.54, 1.807) is 18.6 Å². The van der Waals surface area contributed by atoms with Gasteiger partial charge in [0.25, 0.3) is 0 Å². The Kier molecular flexibility index (Phi) is 3.26. The highest BCUT2D eigenvalue weighted by Gasteiger charge is 2.18. The Morgan fingerprint density at radius 1 is 1.10 bits per heavy atom. The lowest BCUT2D eigenvalue weighted by Crippen LogP contribution is -2.07. The lowest BCUT2D eigenvalue weighted by atomic mass is 10.1. The molecule has 3 nitrogen and oxygen atoms in total. The first kappa shape index (κ1) is 13.4. The van der Waals surface area contributed by atoms with Crippen LogP contribution in [0.4, 0.5) is 0 Å². The number of nitrogens with zero attached hydrogens (tertiary/aromatic N) is 1. The smallest absolute Gasteiger partial charge is 0.228 e. The summed E-state index contributed by atoms with van der Waals surface area (Å²) >= 11 is 0. The van der Waals surface area contributed by atoms with Gasteiger partial charge in [0.05, 0.1) is 18.3 Å². The number of methoxy groups -OCH3 is 1. The molecule has 0 amide bonds. The number of carbonyl (C=O) groups excluding carboxylic acids is 1. The first-order chi connectivity index (χ1) is 10.1. The maximum atomic E-state index is 12.2. The van der Waals surface area contributed by atoms with Gasteiger partial charge in [-0.2, -0.15) is 0 Å². The Morgan fingerprint density at radius 2 is 1.81 bits per heavy atom. The minimum absolute atomic E-state index is 0.0112. The van der Waals surface area contributed by atoms with Gasteiger partial charge in [0.2, 0.25) is 5.91 Å². The van der Waals surface area contributed by atoms with Crippen molar-refractivity contribution in [2.24, 2.45) is 0 Å². The summed E-state index contributed by atoms with van der Waals surface area (Å²) in [6.07, 6.45) is 0. The van der Waals surface area contributed by atoms with E-state index in [1.807, 2.05) is 55.5 Å². The van der Waals surface area contributed by atoms with Crippen molar-refractivity contribution < 1.29 is 9.53 Å². The molecule has 2 aromatic carbocycles. The van der Waals surface area contributed by atoms with Crippen molar-refractivity contribution in [1.29, 1.82) is 0 Å². The van der Waals surface area contributed by atoms with Crippen molar-refractivity contribution in [3.8, 4) is 17.0 Å². The molecule has 106 valence electrons. The lowest BCUT2D eigenvalue weighted by Gasteiger charge is -2.07. The van der Waals surface area contributed by atoms with Crippen molar-refractivity contribution >= 4 is 16.8 Å². The second-order valence-electron chi connectivity index (χ2n) is 5.08. The largest absolute Gasteiger partial charge is 0.497 e. The van der Waals surface area contributed by atoms with Crippen LogP contribution in [0.15, 0.2) is 48.5 Å². The molecule has 0 saturated heterocycles. The highest BCUT2D eigenvalue weighted by molar-refractivity contribution is 6.01. The monoisotopic (exact) mass is 279 g/mol. The minimum atomic E-state index is 0.0112. The van der Waals surface area contributed by atoms with E-state index in [0.29, 0.717) is 0 Å². The molecular formula is C18H17NO2. The summed E-state index contributed by atoms with van der Waals surface area (Å²) in [6.45, 7) is 3.64. The van der Waals surface area contributed by atoms with E-state index in [2.05, 4.69) is 0 Å². The number of hydrogen-bond donors (Lipinski definition) is 0. The van der Waals surface area contributed by atoms with Crippen molar-refractivity contribution in [2.45, 2.75) is 13.8 Å². The molecule has 1 aromatic heterocycles. The molecule has 0 N–H and O–H groups in total. The van der Waals surface area contributed by atoms with E-state index in [9.17, 15) is 4.79 Å². The predicted molar refractivity (Wildman–Crippen MR) is 85.0 cm³/mol. The molecular weight excluding hydrogens is 262 g/mol. The van der Waals surface area contributed by atoms with Crippen LogP contribution in [-0.4, -0.2) is 17.6 Å². The minimum Gasteiger partial charge on any atom is -0.497 e. The van der Waals surface area contributed by atoms with Crippen LogP contribution in [0.5, 0.6) is 5.75 Å². The molecule has 3 aromatic rings. The number of carbonyl (C=O) groups is 1. The van der Waals surface area contributed by atoms with Gasteiger partial charge < -0.3 is 4.74 Å². The van der Waals surface area contributed by atoms with E-state index in [0.717, 1.165) is 33.5 Å². The number of aromatic nitrogens is 1. The van der Waals surface area contributed by atoms with E-state index >= 15 is 0 Å². The topological polar surface area (TPSA) is 31.2 Å². The standard InChI is InChI=1S/C18H17NO2/c1-12-16-11-15(21-3)9-10-17(16)19(13(2)20)18(12)14-7-5-4-6-8-14/h4-11H,1-3H3. The maximum absolute atomic E-state index is 12.2. The van der Waals surface area contributed by atoms with Gasteiger partial charge in [-0.15, -0.1) is 0 Å². The average molecular weight is 279 g/mol. The Balaban J connectivity index is 2.40. The summed E-state index contributed by atoms with van der Waals surface area (Å²) < 4.78 is 7.08. The Morgan fingerprint density at radius 3 is 2.43 bits per heavy atom. The zero-order chi connectivity index (χ0) is 15.0. The zero-order valence-electron chi connectivity index (χ0n) is 12.4. The molecule has 1 heterocycles. The summed E-state index contributed by atoms with van der Waals surface area (Å²) in [4.78, 5) is 12.2. The van der Waals surface area contributed by atoms with Crippen LogP contribution in [0.25, 0.3) is 22.2 Å². The van der Waals surface area contributed by atoms with E-state index in [4.69, 9.17) is 4.74 Å². The van der Waals surface area contributed by atoms with Crippen molar-refractivity contribution in [1.82, 2.24) is 4.57 Å². The van der Waals surface area contributed by atoms with Crippen LogP contribution in [0.2, 0.25) is 0 Å². The highest BCUT2D eigenvalue weighted by atomic mass is 16.5. The summed E-state index contributed by atoms with van der Waals surface area (Å²) in [5.74, 6) is 0.808. The number of ether oxygens (including phenoxy) is 1. The van der Waals surface area contributed by atoms with Crippen molar-refractivity contribution in [2.75, 3.05) is 7.11 Å². The molecule has 0 saturated carbocycles. The van der Waals surface area contributed by atoms with Gasteiger partial charge in [0, 0.05) is 12.3 Å². The molecule has 0 fully saturated rings. The molecule has 0 atom stereocenters. The van der Waals surface area contributed by atoms with Gasteiger partial charge in [-0.05, 0) is 36.2 Å². The molecule has 0 aliphatic carbocycles. The van der Waals surface area contributed by atoms with Gasteiger partial charge in [0.15, 0.2) is 0 Å². The first-order valence-corrected chi connectivity index (χ1v) is 6.89. The molecule has 3 rings (SSSR count). The fraction of sp³-hybridized carbons (Fsp3) is 0.167. The Hall–Kier alpha value is -2.55. The predicted octanol–water partition coefficient (Wildman–Crippen LogP) is 4.29. The number of rotatable bonds is 2. The molecule has 21 heavy (non-hydrogen) atoms. The van der Waals surface area contributed by atoms with Crippen molar-refractivity contribution in [3.63, 3.8) is 0 Å². The lowest BCUT2D eigenvalue weighted by molar-refractivity contribution is 0.0943. The van der Waals surface area contributed by atoms with E-state index in [-0.39, 0.29) is 5.91 Å². The van der Waals surface area contributed by atoms with Crippen LogP contribution in [0.1, 0.15) is 17.3 Å². The second-order valence-corrected chi connectivity index (χ2v) is 5.08.